The predicted octanol–water partition coefficient (Wildman–Crippen LogP) is 2.63. The highest BCUT2D eigenvalue weighted by Crippen LogP contribution is 2.26. The summed E-state index contributed by atoms with van der Waals surface area (Å²) in [6, 6.07) is 7.38. The van der Waals surface area contributed by atoms with Crippen LogP contribution in [0.5, 0.6) is 0 Å². The molecule has 1 N–H and O–H groups in total. The summed E-state index contributed by atoms with van der Waals surface area (Å²) in [6.07, 6.45) is 5.17. The van der Waals surface area contributed by atoms with Crippen LogP contribution in [0, 0.1) is 5.92 Å². The molecule has 1 unspecified atom stereocenters. The van der Waals surface area contributed by atoms with Crippen molar-refractivity contribution in [3.63, 3.8) is 0 Å². The fourth-order valence-corrected chi connectivity index (χ4v) is 5.10. The van der Waals surface area contributed by atoms with E-state index in [4.69, 9.17) is 0 Å². The largest absolute Gasteiger partial charge is 0.313 e. The molecular weight excluding hydrogens is 322 g/mol. The summed E-state index contributed by atoms with van der Waals surface area (Å²) < 4.78 is 28.2. The Hall–Kier alpha value is -1.50. The first kappa shape index (κ1) is 17.3. The zero-order chi connectivity index (χ0) is 17.2. The van der Waals surface area contributed by atoms with Gasteiger partial charge in [-0.1, -0.05) is 26.0 Å². The van der Waals surface area contributed by atoms with Crippen LogP contribution in [0.1, 0.15) is 26.7 Å². The normalized spacial score (nSPS) is 20.4. The third-order valence-corrected chi connectivity index (χ3v) is 6.38. The first-order chi connectivity index (χ1) is 11.5. The zero-order valence-electron chi connectivity index (χ0n) is 14.3. The summed E-state index contributed by atoms with van der Waals surface area (Å²) in [5, 5.41) is 5.08. The lowest BCUT2D eigenvalue weighted by molar-refractivity contribution is 0.358. The quantitative estimate of drug-likeness (QED) is 0.923. The van der Waals surface area contributed by atoms with Gasteiger partial charge in [0, 0.05) is 42.3 Å². The first-order valence-electron chi connectivity index (χ1n) is 8.55. The maximum atomic E-state index is 13.3. The molecule has 1 atom stereocenters. The minimum Gasteiger partial charge on any atom is -0.313 e. The number of fused-ring (bicyclic) bond motifs is 1. The summed E-state index contributed by atoms with van der Waals surface area (Å²) in [6.45, 7) is 6.29. The Kier molecular flexibility index (Phi) is 5.18. The Balaban J connectivity index is 1.96. The average molecular weight is 347 g/mol. The van der Waals surface area contributed by atoms with E-state index < -0.39 is 10.0 Å². The van der Waals surface area contributed by atoms with Crippen LogP contribution >= 0.6 is 0 Å². The number of aromatic nitrogens is 1. The maximum absolute atomic E-state index is 13.3. The molecule has 1 aromatic heterocycles. The first-order valence-corrected chi connectivity index (χ1v) is 9.99. The van der Waals surface area contributed by atoms with Gasteiger partial charge in [-0.15, -0.1) is 0 Å². The highest BCUT2D eigenvalue weighted by molar-refractivity contribution is 7.89. The molecule has 0 bridgehead atoms. The molecule has 1 aromatic carbocycles. The molecule has 0 radical (unpaired) electrons. The van der Waals surface area contributed by atoms with Crippen LogP contribution in [0.25, 0.3) is 10.8 Å². The molecule has 2 heterocycles. The average Bonchev–Trinajstić information content (AvgIpc) is 2.79. The summed E-state index contributed by atoms with van der Waals surface area (Å²) in [5.74, 6) is 0.536. The molecule has 5 nitrogen and oxygen atoms in total. The van der Waals surface area contributed by atoms with Gasteiger partial charge < -0.3 is 5.32 Å². The fraction of sp³-hybridized carbons (Fsp3) is 0.500. The van der Waals surface area contributed by atoms with Gasteiger partial charge in [0.1, 0.15) is 0 Å². The lowest BCUT2D eigenvalue weighted by Gasteiger charge is -2.25. The molecular formula is C18H25N3O2S. The fourth-order valence-electron chi connectivity index (χ4n) is 3.37. The van der Waals surface area contributed by atoms with Gasteiger partial charge >= 0.3 is 0 Å². The van der Waals surface area contributed by atoms with E-state index in [0.717, 1.165) is 30.2 Å². The Bertz CT molecular complexity index is 800. The molecule has 0 aliphatic carbocycles. The second kappa shape index (κ2) is 7.17. The van der Waals surface area contributed by atoms with Crippen molar-refractivity contribution in [1.82, 2.24) is 14.6 Å². The third-order valence-electron chi connectivity index (χ3n) is 4.46. The number of hydrogen-bond acceptors (Lipinski definition) is 4. The van der Waals surface area contributed by atoms with Crippen LogP contribution in [-0.4, -0.2) is 43.4 Å². The van der Waals surface area contributed by atoms with Gasteiger partial charge in [-0.25, -0.2) is 8.42 Å². The minimum atomic E-state index is -3.52. The second-order valence-corrected chi connectivity index (χ2v) is 8.76. The Morgan fingerprint density at radius 1 is 1.33 bits per heavy atom. The van der Waals surface area contributed by atoms with E-state index in [1.165, 1.54) is 0 Å². The van der Waals surface area contributed by atoms with E-state index in [1.807, 2.05) is 6.07 Å². The number of nitrogens with zero attached hydrogens (tertiary/aromatic N) is 2. The molecule has 0 spiro atoms. The van der Waals surface area contributed by atoms with E-state index >= 15 is 0 Å². The van der Waals surface area contributed by atoms with E-state index in [9.17, 15) is 8.42 Å². The highest BCUT2D eigenvalue weighted by atomic mass is 32.2. The highest BCUT2D eigenvalue weighted by Gasteiger charge is 2.30. The smallest absolute Gasteiger partial charge is 0.243 e. The van der Waals surface area contributed by atoms with Gasteiger partial charge in [0.25, 0.3) is 0 Å². The van der Waals surface area contributed by atoms with Crippen LogP contribution in [-0.2, 0) is 10.0 Å². The van der Waals surface area contributed by atoms with Gasteiger partial charge in [0.2, 0.25) is 10.0 Å². The monoisotopic (exact) mass is 347 g/mol. The molecule has 24 heavy (non-hydrogen) atoms. The van der Waals surface area contributed by atoms with Crippen molar-refractivity contribution in [1.29, 1.82) is 0 Å². The lowest BCUT2D eigenvalue weighted by Crippen LogP contribution is -2.41. The summed E-state index contributed by atoms with van der Waals surface area (Å²) in [4.78, 5) is 4.47. The van der Waals surface area contributed by atoms with Crippen LogP contribution in [0.3, 0.4) is 0 Å². The molecule has 1 saturated heterocycles. The van der Waals surface area contributed by atoms with E-state index in [1.54, 1.807) is 34.9 Å². The van der Waals surface area contributed by atoms with Crippen molar-refractivity contribution in [3.8, 4) is 0 Å². The standard InChI is InChI=1S/C18H25N3O2S/c1-14(2)11-16-13-21(10-4-8-20-16)24(22,23)18-6-3-5-15-12-19-9-7-17(15)18/h3,5-7,9,12,14,16,20H,4,8,10-11,13H2,1-2H3. The third kappa shape index (κ3) is 3.61. The molecule has 130 valence electrons. The topological polar surface area (TPSA) is 62.3 Å². The predicted molar refractivity (Wildman–Crippen MR) is 96.4 cm³/mol. The van der Waals surface area contributed by atoms with E-state index in [0.29, 0.717) is 23.9 Å². The Labute approximate surface area is 144 Å². The number of benzene rings is 1. The van der Waals surface area contributed by atoms with Crippen molar-refractivity contribution >= 4 is 20.8 Å². The van der Waals surface area contributed by atoms with Gasteiger partial charge in [0.15, 0.2) is 0 Å². The molecule has 3 rings (SSSR count). The van der Waals surface area contributed by atoms with Crippen LogP contribution in [0.4, 0.5) is 0 Å². The lowest BCUT2D eigenvalue weighted by atomic mass is 10.0. The second-order valence-electron chi connectivity index (χ2n) is 6.85. The van der Waals surface area contributed by atoms with Gasteiger partial charge in [-0.3, -0.25) is 4.98 Å². The van der Waals surface area contributed by atoms with Gasteiger partial charge in [0.05, 0.1) is 4.90 Å². The van der Waals surface area contributed by atoms with Gasteiger partial charge in [-0.05, 0) is 37.4 Å². The molecule has 1 aliphatic rings. The number of nitrogens with one attached hydrogen (secondary N) is 1. The summed E-state index contributed by atoms with van der Waals surface area (Å²) in [5.41, 5.74) is 0. The minimum absolute atomic E-state index is 0.207. The number of rotatable bonds is 4. The van der Waals surface area contributed by atoms with Crippen molar-refractivity contribution in [2.75, 3.05) is 19.6 Å². The van der Waals surface area contributed by atoms with Crippen molar-refractivity contribution < 1.29 is 8.42 Å². The van der Waals surface area contributed by atoms with Crippen LogP contribution < -0.4 is 5.32 Å². The molecule has 0 amide bonds. The van der Waals surface area contributed by atoms with Crippen molar-refractivity contribution in [3.05, 3.63) is 36.7 Å². The Morgan fingerprint density at radius 2 is 2.17 bits per heavy atom. The Morgan fingerprint density at radius 3 is 2.96 bits per heavy atom. The molecule has 2 aromatic rings. The van der Waals surface area contributed by atoms with Crippen LogP contribution in [0.15, 0.2) is 41.6 Å². The zero-order valence-corrected chi connectivity index (χ0v) is 15.1. The number of hydrogen-bond donors (Lipinski definition) is 1. The molecule has 0 saturated carbocycles. The summed E-state index contributed by atoms with van der Waals surface area (Å²) >= 11 is 0. The SMILES string of the molecule is CC(C)CC1CN(S(=O)(=O)c2cccc3cnccc23)CCCN1. The van der Waals surface area contributed by atoms with Crippen molar-refractivity contribution in [2.24, 2.45) is 5.92 Å². The summed E-state index contributed by atoms with van der Waals surface area (Å²) in [7, 11) is -3.52. The molecule has 1 fully saturated rings. The van der Waals surface area contributed by atoms with Crippen LogP contribution in [0.2, 0.25) is 0 Å². The van der Waals surface area contributed by atoms with Crippen molar-refractivity contribution in [2.45, 2.75) is 37.6 Å². The molecule has 1 aliphatic heterocycles. The van der Waals surface area contributed by atoms with Gasteiger partial charge in [-0.2, -0.15) is 4.31 Å². The maximum Gasteiger partial charge on any atom is 0.243 e. The van der Waals surface area contributed by atoms with E-state index in [-0.39, 0.29) is 6.04 Å². The van der Waals surface area contributed by atoms with E-state index in [2.05, 4.69) is 24.1 Å². The molecule has 6 heteroatoms. The number of sulfonamides is 1. The number of pyridine rings is 1.